The van der Waals surface area contributed by atoms with E-state index in [9.17, 15) is 9.59 Å². The van der Waals surface area contributed by atoms with E-state index < -0.39 is 17.8 Å². The summed E-state index contributed by atoms with van der Waals surface area (Å²) in [4.78, 5) is 23.1. The minimum absolute atomic E-state index is 0.0202. The second-order valence-corrected chi connectivity index (χ2v) is 7.09. The number of amides is 1. The van der Waals surface area contributed by atoms with Crippen LogP contribution < -0.4 is 11.5 Å². The number of hydrogen-bond acceptors (Lipinski definition) is 3. The van der Waals surface area contributed by atoms with E-state index in [1.54, 1.807) is 12.1 Å². The summed E-state index contributed by atoms with van der Waals surface area (Å²) in [6.07, 6.45) is 0.422. The molecule has 0 fully saturated rings. The van der Waals surface area contributed by atoms with Crippen LogP contribution in [0.1, 0.15) is 34.6 Å². The average Bonchev–Trinajstić information content (AvgIpc) is 2.73. The van der Waals surface area contributed by atoms with Crippen molar-refractivity contribution >= 4 is 17.7 Å². The molecule has 6 N–H and O–H groups in total. The highest BCUT2D eigenvalue weighted by molar-refractivity contribution is 5.95. The zero-order valence-corrected chi connectivity index (χ0v) is 16.3. The average molecular weight is 401 g/mol. The van der Waals surface area contributed by atoms with E-state index in [0.29, 0.717) is 12.0 Å². The zero-order chi connectivity index (χ0) is 21.7. The number of rotatable bonds is 8. The van der Waals surface area contributed by atoms with Gasteiger partial charge in [0.15, 0.2) is 0 Å². The molecule has 0 aliphatic carbocycles. The molecule has 3 aromatic rings. The van der Waals surface area contributed by atoms with Gasteiger partial charge < -0.3 is 16.6 Å². The van der Waals surface area contributed by atoms with Crippen molar-refractivity contribution in [1.82, 2.24) is 0 Å². The van der Waals surface area contributed by atoms with Crippen molar-refractivity contribution in [3.05, 3.63) is 95.1 Å². The second kappa shape index (κ2) is 9.05. The molecule has 1 amide bonds. The summed E-state index contributed by atoms with van der Waals surface area (Å²) in [5.74, 6) is -1.93. The lowest BCUT2D eigenvalue weighted by Gasteiger charge is -2.16. The van der Waals surface area contributed by atoms with Crippen molar-refractivity contribution in [2.24, 2.45) is 11.5 Å². The maximum atomic E-state index is 12.2. The van der Waals surface area contributed by atoms with Crippen molar-refractivity contribution in [2.45, 2.75) is 18.8 Å². The van der Waals surface area contributed by atoms with Crippen LogP contribution in [0.15, 0.2) is 72.8 Å². The van der Waals surface area contributed by atoms with Gasteiger partial charge in [0.05, 0.1) is 5.92 Å². The number of carboxylic acid groups (broad SMARTS) is 1. The minimum atomic E-state index is -0.862. The molecule has 30 heavy (non-hydrogen) atoms. The molecule has 0 bridgehead atoms. The summed E-state index contributed by atoms with van der Waals surface area (Å²) in [6.45, 7) is 0. The van der Waals surface area contributed by atoms with Gasteiger partial charge >= 0.3 is 5.97 Å². The molecule has 6 nitrogen and oxygen atoms in total. The lowest BCUT2D eigenvalue weighted by Crippen LogP contribution is -2.22. The monoisotopic (exact) mass is 401 g/mol. The Kier molecular flexibility index (Phi) is 6.27. The minimum Gasteiger partial charge on any atom is -0.481 e. The summed E-state index contributed by atoms with van der Waals surface area (Å²) in [5, 5.41) is 16.4. The number of hydrogen-bond donors (Lipinski definition) is 4. The van der Waals surface area contributed by atoms with Gasteiger partial charge in [0, 0.05) is 12.0 Å². The third kappa shape index (κ3) is 4.91. The molecular weight excluding hydrogens is 378 g/mol. The van der Waals surface area contributed by atoms with Crippen molar-refractivity contribution in [3.63, 3.8) is 0 Å². The van der Waals surface area contributed by atoms with Gasteiger partial charge in [0.25, 0.3) is 0 Å². The topological polar surface area (TPSA) is 130 Å². The number of carbonyl (C=O) groups is 2. The number of aryl methyl sites for hydroxylation is 1. The number of carbonyl (C=O) groups excluding carboxylic acids is 1. The lowest BCUT2D eigenvalue weighted by atomic mass is 9.88. The normalized spacial score (nSPS) is 11.6. The quantitative estimate of drug-likeness (QED) is 0.341. The smallest absolute Gasteiger partial charge is 0.303 e. The van der Waals surface area contributed by atoms with E-state index >= 15 is 0 Å². The molecule has 0 heterocycles. The number of aliphatic carboxylic acids is 1. The van der Waals surface area contributed by atoms with E-state index in [1.807, 2.05) is 60.7 Å². The van der Waals surface area contributed by atoms with Crippen LogP contribution in [0, 0.1) is 5.41 Å². The second-order valence-electron chi connectivity index (χ2n) is 7.09. The molecule has 0 aliphatic heterocycles. The summed E-state index contributed by atoms with van der Waals surface area (Å²) in [6, 6.07) is 22.3. The number of nitrogens with one attached hydrogen (secondary N) is 1. The maximum Gasteiger partial charge on any atom is 0.303 e. The fourth-order valence-corrected chi connectivity index (χ4v) is 3.41. The molecule has 0 aromatic heterocycles. The Labute approximate surface area is 174 Å². The molecular formula is C24H23N3O3. The molecule has 0 spiro atoms. The van der Waals surface area contributed by atoms with Gasteiger partial charge in [-0.1, -0.05) is 72.8 Å². The Hall–Kier alpha value is -3.93. The lowest BCUT2D eigenvalue weighted by molar-refractivity contribution is -0.137. The molecule has 1 atom stereocenters. The van der Waals surface area contributed by atoms with Crippen LogP contribution in [0.5, 0.6) is 0 Å². The summed E-state index contributed by atoms with van der Waals surface area (Å²) in [7, 11) is 0. The number of carboxylic acids is 1. The molecule has 3 aromatic carbocycles. The van der Waals surface area contributed by atoms with E-state index in [0.717, 1.165) is 27.8 Å². The first kappa shape index (κ1) is 20.8. The van der Waals surface area contributed by atoms with E-state index in [4.69, 9.17) is 22.0 Å². The van der Waals surface area contributed by atoms with Gasteiger partial charge in [0.1, 0.15) is 5.84 Å². The maximum absolute atomic E-state index is 12.2. The molecule has 3 rings (SSSR count). The number of amidine groups is 1. The first-order chi connectivity index (χ1) is 14.3. The Morgan fingerprint density at radius 3 is 2.00 bits per heavy atom. The summed E-state index contributed by atoms with van der Waals surface area (Å²) < 4.78 is 0. The summed E-state index contributed by atoms with van der Waals surface area (Å²) >= 11 is 0. The van der Waals surface area contributed by atoms with Gasteiger partial charge in [0.2, 0.25) is 5.91 Å². The van der Waals surface area contributed by atoms with Crippen molar-refractivity contribution in [1.29, 1.82) is 5.41 Å². The Bertz CT molecular complexity index is 1070. The number of benzene rings is 3. The highest BCUT2D eigenvalue weighted by Crippen LogP contribution is 2.28. The molecule has 0 aliphatic rings. The summed E-state index contributed by atoms with van der Waals surface area (Å²) in [5.41, 5.74) is 16.1. The van der Waals surface area contributed by atoms with E-state index in [1.165, 1.54) is 0 Å². The SMILES string of the molecule is N=C(N)c1ccc(-c2ccc(C(C(N)=O)c3cccc(CCC(=O)O)c3)cc2)cc1. The van der Waals surface area contributed by atoms with Crippen molar-refractivity contribution in [3.8, 4) is 11.1 Å². The van der Waals surface area contributed by atoms with Crippen LogP contribution in [-0.4, -0.2) is 22.8 Å². The first-order valence-corrected chi connectivity index (χ1v) is 9.50. The van der Waals surface area contributed by atoms with Gasteiger partial charge in [-0.15, -0.1) is 0 Å². The zero-order valence-electron chi connectivity index (χ0n) is 16.3. The Balaban J connectivity index is 1.87. The fourth-order valence-electron chi connectivity index (χ4n) is 3.41. The van der Waals surface area contributed by atoms with Gasteiger partial charge in [-0.05, 0) is 34.2 Å². The van der Waals surface area contributed by atoms with Crippen LogP contribution in [0.25, 0.3) is 11.1 Å². The molecule has 152 valence electrons. The van der Waals surface area contributed by atoms with Gasteiger partial charge in [-0.3, -0.25) is 15.0 Å². The number of nitrogens with two attached hydrogens (primary N) is 2. The number of primary amides is 1. The van der Waals surface area contributed by atoms with E-state index in [2.05, 4.69) is 0 Å². The Morgan fingerprint density at radius 2 is 1.47 bits per heavy atom. The molecule has 0 saturated carbocycles. The van der Waals surface area contributed by atoms with Crippen molar-refractivity contribution < 1.29 is 14.7 Å². The third-order valence-electron chi connectivity index (χ3n) is 4.97. The molecule has 1 unspecified atom stereocenters. The largest absolute Gasteiger partial charge is 0.481 e. The Morgan fingerprint density at radius 1 is 0.867 bits per heavy atom. The van der Waals surface area contributed by atoms with Crippen LogP contribution in [0.3, 0.4) is 0 Å². The van der Waals surface area contributed by atoms with Crippen LogP contribution in [-0.2, 0) is 16.0 Å². The molecule has 0 radical (unpaired) electrons. The van der Waals surface area contributed by atoms with E-state index in [-0.39, 0.29) is 12.3 Å². The predicted octanol–water partition coefficient (Wildman–Crippen LogP) is 3.27. The highest BCUT2D eigenvalue weighted by atomic mass is 16.4. The number of nitrogen functional groups attached to an aromatic ring is 1. The first-order valence-electron chi connectivity index (χ1n) is 9.50. The highest BCUT2D eigenvalue weighted by Gasteiger charge is 2.20. The van der Waals surface area contributed by atoms with Gasteiger partial charge in [-0.25, -0.2) is 0 Å². The standard InChI is InChI=1S/C24H23N3O3/c25-23(26)19-11-7-17(8-12-19)16-5-9-18(10-6-16)22(24(27)30)20-3-1-2-15(14-20)4-13-21(28)29/h1-3,5-12,14,22H,4,13H2,(H3,25,26)(H2,27,30)(H,28,29). The third-order valence-corrected chi connectivity index (χ3v) is 4.97. The van der Waals surface area contributed by atoms with Crippen LogP contribution in [0.4, 0.5) is 0 Å². The van der Waals surface area contributed by atoms with Crippen LogP contribution in [0.2, 0.25) is 0 Å². The molecule has 0 saturated heterocycles. The fraction of sp³-hybridized carbons (Fsp3) is 0.125. The van der Waals surface area contributed by atoms with Crippen molar-refractivity contribution in [2.75, 3.05) is 0 Å². The predicted molar refractivity (Wildman–Crippen MR) is 116 cm³/mol. The van der Waals surface area contributed by atoms with Crippen LogP contribution >= 0.6 is 0 Å². The molecule has 6 heteroatoms. The van der Waals surface area contributed by atoms with Gasteiger partial charge in [-0.2, -0.15) is 0 Å².